The number of aryl methyl sites for hydroxylation is 1. The molecular weight excluding hydrogens is 473 g/mol. The molecule has 3 aromatic heterocycles. The van der Waals surface area contributed by atoms with Crippen LogP contribution in [-0.2, 0) is 16.1 Å². The molecule has 0 radical (unpaired) electrons. The molecule has 174 valence electrons. The molecule has 0 saturated heterocycles. The van der Waals surface area contributed by atoms with Crippen LogP contribution < -0.4 is 5.63 Å². The smallest absolute Gasteiger partial charge is 0.347 e. The van der Waals surface area contributed by atoms with Gasteiger partial charge in [0.1, 0.15) is 18.0 Å². The zero-order valence-corrected chi connectivity index (χ0v) is 19.4. The number of aromatic nitrogens is 3. The molecule has 0 unspecified atom stereocenters. The second kappa shape index (κ2) is 8.88. The number of carbonyl (C=O) groups is 1. The number of benzene rings is 2. The third kappa shape index (κ3) is 4.24. The molecule has 3 heterocycles. The molecule has 0 amide bonds. The van der Waals surface area contributed by atoms with Gasteiger partial charge in [-0.15, -0.1) is 0 Å². The van der Waals surface area contributed by atoms with Crippen molar-refractivity contribution in [1.29, 1.82) is 0 Å². The molecule has 0 aliphatic rings. The minimum absolute atomic E-state index is 0.0518. The first kappa shape index (κ1) is 22.6. The number of hydrogen-bond donors (Lipinski definition) is 0. The van der Waals surface area contributed by atoms with E-state index in [4.69, 9.17) is 20.8 Å². The van der Waals surface area contributed by atoms with Crippen LogP contribution in [0.1, 0.15) is 18.2 Å². The van der Waals surface area contributed by atoms with Gasteiger partial charge < -0.3 is 9.15 Å². The van der Waals surface area contributed by atoms with Crippen molar-refractivity contribution in [2.45, 2.75) is 20.5 Å². The largest absolute Gasteiger partial charge is 0.461 e. The number of nitrogens with zero attached hydrogens (tertiary/aromatic N) is 3. The number of esters is 1. The Morgan fingerprint density at radius 2 is 1.89 bits per heavy atom. The van der Waals surface area contributed by atoms with Gasteiger partial charge in [-0.3, -0.25) is 9.78 Å². The quantitative estimate of drug-likeness (QED) is 0.302. The van der Waals surface area contributed by atoms with Crippen LogP contribution in [0.4, 0.5) is 4.39 Å². The second-order valence-corrected chi connectivity index (χ2v) is 8.31. The highest BCUT2D eigenvalue weighted by Crippen LogP contribution is 2.32. The van der Waals surface area contributed by atoms with Crippen molar-refractivity contribution in [3.05, 3.63) is 87.2 Å². The van der Waals surface area contributed by atoms with Crippen LogP contribution >= 0.6 is 11.6 Å². The van der Waals surface area contributed by atoms with Crippen LogP contribution in [0.3, 0.4) is 0 Å². The number of hydrogen-bond acceptors (Lipinski definition) is 7. The highest BCUT2D eigenvalue weighted by atomic mass is 35.5. The number of rotatable bonds is 4. The fraction of sp³-hybridized carbons (Fsp3) is 0.115. The van der Waals surface area contributed by atoms with Gasteiger partial charge in [-0.05, 0) is 43.3 Å². The molecule has 0 aliphatic carbocycles. The fourth-order valence-electron chi connectivity index (χ4n) is 3.81. The van der Waals surface area contributed by atoms with Gasteiger partial charge in [-0.1, -0.05) is 23.7 Å². The summed E-state index contributed by atoms with van der Waals surface area (Å²) in [6.07, 6.45) is 1.55. The fourth-order valence-corrected chi connectivity index (χ4v) is 3.98. The topological polar surface area (TPSA) is 95.2 Å². The lowest BCUT2D eigenvalue weighted by atomic mass is 10.0. The normalized spacial score (nSPS) is 11.2. The molecule has 0 N–H and O–H groups in total. The standard InChI is InChI=1S/C26H17ClFN3O4/c1-13-24-18(15(11-29-13)12-34-14(2)32)10-20(26(33)35-24)25-30-22-8-7-16(27)9-19(22)23(31-25)17-5-3-4-6-21(17)28/h3-11H,12H2,1-2H3. The van der Waals surface area contributed by atoms with Crippen molar-refractivity contribution in [3.8, 4) is 22.6 Å². The summed E-state index contributed by atoms with van der Waals surface area (Å²) in [5.74, 6) is -0.877. The first-order valence-corrected chi connectivity index (χ1v) is 11.0. The van der Waals surface area contributed by atoms with Gasteiger partial charge in [0.25, 0.3) is 0 Å². The van der Waals surface area contributed by atoms with Gasteiger partial charge in [-0.25, -0.2) is 19.2 Å². The average Bonchev–Trinajstić information content (AvgIpc) is 2.83. The average molecular weight is 490 g/mol. The Morgan fingerprint density at radius 3 is 2.66 bits per heavy atom. The van der Waals surface area contributed by atoms with E-state index in [-0.39, 0.29) is 34.8 Å². The number of pyridine rings is 1. The maximum Gasteiger partial charge on any atom is 0.347 e. The number of carbonyl (C=O) groups excluding carboxylic acids is 1. The maximum absolute atomic E-state index is 14.8. The second-order valence-electron chi connectivity index (χ2n) is 7.88. The molecule has 5 aromatic rings. The lowest BCUT2D eigenvalue weighted by Crippen LogP contribution is -2.09. The van der Waals surface area contributed by atoms with E-state index in [1.807, 2.05) is 0 Å². The minimum atomic E-state index is -0.681. The Balaban J connectivity index is 1.79. The van der Waals surface area contributed by atoms with Gasteiger partial charge in [0.05, 0.1) is 16.9 Å². The van der Waals surface area contributed by atoms with Crippen molar-refractivity contribution in [1.82, 2.24) is 15.0 Å². The van der Waals surface area contributed by atoms with E-state index < -0.39 is 17.4 Å². The van der Waals surface area contributed by atoms with Crippen molar-refractivity contribution >= 4 is 39.4 Å². The molecule has 2 aromatic carbocycles. The van der Waals surface area contributed by atoms with Crippen LogP contribution in [0.15, 0.2) is 63.9 Å². The molecule has 0 atom stereocenters. The van der Waals surface area contributed by atoms with E-state index in [1.165, 1.54) is 13.0 Å². The van der Waals surface area contributed by atoms with Crippen molar-refractivity contribution < 1.29 is 18.3 Å². The van der Waals surface area contributed by atoms with Gasteiger partial charge in [-0.2, -0.15) is 0 Å². The SMILES string of the molecule is CC(=O)OCc1cnc(C)c2oc(=O)c(-c3nc(-c4ccccc4F)c4cc(Cl)ccc4n3)cc12. The highest BCUT2D eigenvalue weighted by molar-refractivity contribution is 6.31. The Morgan fingerprint density at radius 1 is 1.09 bits per heavy atom. The predicted molar refractivity (Wildman–Crippen MR) is 129 cm³/mol. The first-order valence-electron chi connectivity index (χ1n) is 10.6. The summed E-state index contributed by atoms with van der Waals surface area (Å²) < 4.78 is 25.5. The lowest BCUT2D eigenvalue weighted by molar-refractivity contribution is -0.142. The third-order valence-electron chi connectivity index (χ3n) is 5.50. The molecule has 9 heteroatoms. The van der Waals surface area contributed by atoms with E-state index in [2.05, 4.69) is 15.0 Å². The molecule has 0 bridgehead atoms. The summed E-state index contributed by atoms with van der Waals surface area (Å²) in [6, 6.07) is 12.8. The zero-order chi connectivity index (χ0) is 24.7. The van der Waals surface area contributed by atoms with E-state index in [1.54, 1.807) is 55.6 Å². The monoisotopic (exact) mass is 489 g/mol. The van der Waals surface area contributed by atoms with Crippen LogP contribution in [-0.4, -0.2) is 20.9 Å². The van der Waals surface area contributed by atoms with Gasteiger partial charge >= 0.3 is 11.6 Å². The molecule has 0 fully saturated rings. The van der Waals surface area contributed by atoms with Crippen LogP contribution in [0.5, 0.6) is 0 Å². The van der Waals surface area contributed by atoms with E-state index in [0.29, 0.717) is 32.6 Å². The van der Waals surface area contributed by atoms with Gasteiger partial charge in [0, 0.05) is 40.0 Å². The third-order valence-corrected chi connectivity index (χ3v) is 5.73. The lowest BCUT2D eigenvalue weighted by Gasteiger charge is -2.11. The van der Waals surface area contributed by atoms with Crippen molar-refractivity contribution in [3.63, 3.8) is 0 Å². The molecule has 0 spiro atoms. The summed E-state index contributed by atoms with van der Waals surface area (Å²) in [5, 5.41) is 1.50. The Kier molecular flexibility index (Phi) is 5.74. The van der Waals surface area contributed by atoms with Gasteiger partial charge in [0.15, 0.2) is 11.4 Å². The maximum atomic E-state index is 14.8. The zero-order valence-electron chi connectivity index (χ0n) is 18.6. The van der Waals surface area contributed by atoms with Crippen LogP contribution in [0.2, 0.25) is 5.02 Å². The number of fused-ring (bicyclic) bond motifs is 2. The van der Waals surface area contributed by atoms with Crippen molar-refractivity contribution in [2.24, 2.45) is 0 Å². The summed E-state index contributed by atoms with van der Waals surface area (Å²) in [5.41, 5.74) is 1.71. The molecular formula is C26H17ClFN3O4. The van der Waals surface area contributed by atoms with E-state index in [9.17, 15) is 14.0 Å². The van der Waals surface area contributed by atoms with Crippen LogP contribution in [0.25, 0.3) is 44.5 Å². The number of ether oxygens (including phenoxy) is 1. The Bertz CT molecular complexity index is 1700. The predicted octanol–water partition coefficient (Wildman–Crippen LogP) is 5.63. The van der Waals surface area contributed by atoms with E-state index >= 15 is 0 Å². The van der Waals surface area contributed by atoms with Gasteiger partial charge in [0.2, 0.25) is 0 Å². The molecule has 7 nitrogen and oxygen atoms in total. The van der Waals surface area contributed by atoms with Crippen molar-refractivity contribution in [2.75, 3.05) is 0 Å². The molecule has 5 rings (SSSR count). The summed E-state index contributed by atoms with van der Waals surface area (Å²) in [4.78, 5) is 37.7. The Hall–Kier alpha value is -4.17. The van der Waals surface area contributed by atoms with E-state index in [0.717, 1.165) is 0 Å². The summed E-state index contributed by atoms with van der Waals surface area (Å²) in [6.45, 7) is 2.95. The first-order chi connectivity index (χ1) is 16.8. The molecule has 0 aliphatic heterocycles. The molecule has 35 heavy (non-hydrogen) atoms. The molecule has 0 saturated carbocycles. The summed E-state index contributed by atoms with van der Waals surface area (Å²) in [7, 11) is 0. The summed E-state index contributed by atoms with van der Waals surface area (Å²) >= 11 is 6.19. The number of halogens is 2. The highest BCUT2D eigenvalue weighted by Gasteiger charge is 2.19. The van der Waals surface area contributed by atoms with Crippen LogP contribution in [0, 0.1) is 12.7 Å². The minimum Gasteiger partial charge on any atom is -0.461 e. The Labute approximate surface area is 203 Å².